The maximum absolute atomic E-state index is 13.7. The lowest BCUT2D eigenvalue weighted by molar-refractivity contribution is -0.384. The fourth-order valence-corrected chi connectivity index (χ4v) is 5.02. The van der Waals surface area contributed by atoms with Gasteiger partial charge in [-0.3, -0.25) is 19.7 Å². The molecule has 0 spiro atoms. The molecule has 0 bridgehead atoms. The maximum atomic E-state index is 13.7. The molecular formula is C27H33ClN2O6. The lowest BCUT2D eigenvalue weighted by atomic mass is 9.83. The van der Waals surface area contributed by atoms with Crippen molar-refractivity contribution in [3.63, 3.8) is 0 Å². The second-order valence-electron chi connectivity index (χ2n) is 9.09. The summed E-state index contributed by atoms with van der Waals surface area (Å²) >= 11 is 5.98. The molecule has 36 heavy (non-hydrogen) atoms. The fourth-order valence-electron chi connectivity index (χ4n) is 4.87. The van der Waals surface area contributed by atoms with E-state index >= 15 is 0 Å². The topological polar surface area (TPSA) is 99.0 Å². The first kappa shape index (κ1) is 27.5. The van der Waals surface area contributed by atoms with E-state index in [0.29, 0.717) is 29.9 Å². The number of nitro groups is 1. The molecule has 9 heteroatoms. The summed E-state index contributed by atoms with van der Waals surface area (Å²) in [4.78, 5) is 38.9. The van der Waals surface area contributed by atoms with Crippen LogP contribution in [0.4, 0.5) is 5.69 Å². The number of benzene rings is 2. The molecular weight excluding hydrogens is 484 g/mol. The molecule has 0 heterocycles. The molecule has 0 N–H and O–H groups in total. The summed E-state index contributed by atoms with van der Waals surface area (Å²) < 4.78 is 10.7. The van der Waals surface area contributed by atoms with Crippen molar-refractivity contribution >= 4 is 29.0 Å². The van der Waals surface area contributed by atoms with Crippen LogP contribution in [0.25, 0.3) is 0 Å². The number of ketones is 1. The average molecular weight is 517 g/mol. The molecule has 1 aliphatic rings. The summed E-state index contributed by atoms with van der Waals surface area (Å²) in [7, 11) is 3.12. The van der Waals surface area contributed by atoms with Gasteiger partial charge >= 0.3 is 0 Å². The van der Waals surface area contributed by atoms with Crippen molar-refractivity contribution in [3.05, 3.63) is 63.7 Å². The highest BCUT2D eigenvalue weighted by Gasteiger charge is 2.32. The van der Waals surface area contributed by atoms with Gasteiger partial charge in [0.1, 0.15) is 11.9 Å². The third-order valence-corrected chi connectivity index (χ3v) is 7.00. The van der Waals surface area contributed by atoms with Crippen molar-refractivity contribution in [1.29, 1.82) is 0 Å². The SMILES string of the molecule is COc1ccc(CCN(C(=O)CCl)C(C(=O)CC2CCCCC2)c2ccc([N+](=O)[O-])cc2)cc1OC. The lowest BCUT2D eigenvalue weighted by Gasteiger charge is -2.32. The summed E-state index contributed by atoms with van der Waals surface area (Å²) in [6, 6.07) is 10.5. The van der Waals surface area contributed by atoms with Crippen LogP contribution in [0.5, 0.6) is 11.5 Å². The van der Waals surface area contributed by atoms with Crippen molar-refractivity contribution in [1.82, 2.24) is 4.90 Å². The second kappa shape index (κ2) is 13.3. The molecule has 1 aliphatic carbocycles. The van der Waals surface area contributed by atoms with Crippen molar-refractivity contribution in [3.8, 4) is 11.5 Å². The number of methoxy groups -OCH3 is 2. The van der Waals surface area contributed by atoms with Crippen LogP contribution in [0.3, 0.4) is 0 Å². The molecule has 8 nitrogen and oxygen atoms in total. The normalized spacial score (nSPS) is 14.6. The van der Waals surface area contributed by atoms with E-state index in [1.165, 1.54) is 23.5 Å². The molecule has 0 aliphatic heterocycles. The Kier molecular flexibility index (Phi) is 10.1. The Morgan fingerprint density at radius 1 is 1.06 bits per heavy atom. The average Bonchev–Trinajstić information content (AvgIpc) is 2.90. The lowest BCUT2D eigenvalue weighted by Crippen LogP contribution is -2.41. The van der Waals surface area contributed by atoms with Gasteiger partial charge in [0.25, 0.3) is 5.69 Å². The number of carbonyl (C=O) groups is 2. The Bertz CT molecular complexity index is 1050. The fraction of sp³-hybridized carbons (Fsp3) is 0.481. The van der Waals surface area contributed by atoms with E-state index in [2.05, 4.69) is 0 Å². The number of hydrogen-bond donors (Lipinski definition) is 0. The van der Waals surface area contributed by atoms with Crippen molar-refractivity contribution in [2.24, 2.45) is 5.92 Å². The Balaban J connectivity index is 1.91. The third kappa shape index (κ3) is 6.97. The third-order valence-electron chi connectivity index (χ3n) is 6.77. The molecule has 2 aromatic rings. The Hall–Kier alpha value is -3.13. The molecule has 194 valence electrons. The molecule has 0 radical (unpaired) electrons. The summed E-state index contributed by atoms with van der Waals surface area (Å²) in [5.74, 6) is 0.753. The standard InChI is InChI=1S/C27H33ClN2O6/c1-35-24-13-8-20(17-25(24)36-2)14-15-29(26(32)18-28)27(21-9-11-22(12-10-21)30(33)34)23(31)16-19-6-4-3-5-7-19/h8-13,17,19,27H,3-7,14-16,18H2,1-2H3. The van der Waals surface area contributed by atoms with Gasteiger partial charge in [0.2, 0.25) is 5.91 Å². The highest BCUT2D eigenvalue weighted by molar-refractivity contribution is 6.27. The van der Waals surface area contributed by atoms with Crippen LogP contribution in [0, 0.1) is 16.0 Å². The number of ether oxygens (including phenoxy) is 2. The zero-order chi connectivity index (χ0) is 26.1. The molecule has 1 saturated carbocycles. The van der Waals surface area contributed by atoms with Crippen LogP contribution in [0.2, 0.25) is 0 Å². The van der Waals surface area contributed by atoms with Crippen LogP contribution in [-0.2, 0) is 16.0 Å². The Morgan fingerprint density at radius 3 is 2.31 bits per heavy atom. The predicted molar refractivity (Wildman–Crippen MR) is 138 cm³/mol. The number of rotatable bonds is 12. The minimum absolute atomic E-state index is 0.0680. The van der Waals surface area contributed by atoms with Crippen LogP contribution in [-0.4, -0.2) is 48.2 Å². The highest BCUT2D eigenvalue weighted by Crippen LogP contribution is 2.33. The van der Waals surface area contributed by atoms with Gasteiger partial charge in [0.15, 0.2) is 17.3 Å². The van der Waals surface area contributed by atoms with E-state index in [1.54, 1.807) is 32.4 Å². The molecule has 1 unspecified atom stereocenters. The van der Waals surface area contributed by atoms with Crippen LogP contribution < -0.4 is 9.47 Å². The minimum atomic E-state index is -0.862. The summed E-state index contributed by atoms with van der Waals surface area (Å²) in [6.07, 6.45) is 6.20. The largest absolute Gasteiger partial charge is 0.493 e. The zero-order valence-corrected chi connectivity index (χ0v) is 21.5. The van der Waals surface area contributed by atoms with Crippen LogP contribution >= 0.6 is 11.6 Å². The van der Waals surface area contributed by atoms with Gasteiger partial charge in [-0.05, 0) is 47.7 Å². The number of alkyl halides is 1. The highest BCUT2D eigenvalue weighted by atomic mass is 35.5. The van der Waals surface area contributed by atoms with Gasteiger partial charge < -0.3 is 14.4 Å². The molecule has 3 rings (SSSR count). The second-order valence-corrected chi connectivity index (χ2v) is 9.35. The molecule has 0 aromatic heterocycles. The summed E-state index contributed by atoms with van der Waals surface area (Å²) in [5, 5.41) is 11.2. The van der Waals surface area contributed by atoms with E-state index in [9.17, 15) is 19.7 Å². The number of Topliss-reactive ketones (excluding diaryl/α,β-unsaturated/α-hetero) is 1. The summed E-state index contributed by atoms with van der Waals surface area (Å²) in [6.45, 7) is 0.249. The van der Waals surface area contributed by atoms with Crippen molar-refractivity contribution in [2.75, 3.05) is 26.6 Å². The van der Waals surface area contributed by atoms with Gasteiger partial charge in [-0.1, -0.05) is 38.2 Å². The van der Waals surface area contributed by atoms with Crippen LogP contribution in [0.1, 0.15) is 55.7 Å². The van der Waals surface area contributed by atoms with E-state index in [0.717, 1.165) is 31.2 Å². The number of halogens is 1. The van der Waals surface area contributed by atoms with Gasteiger partial charge in [0, 0.05) is 25.1 Å². The van der Waals surface area contributed by atoms with E-state index < -0.39 is 11.0 Å². The number of amides is 1. The summed E-state index contributed by atoms with van der Waals surface area (Å²) in [5.41, 5.74) is 1.38. The van der Waals surface area contributed by atoms with E-state index in [-0.39, 0.29) is 35.7 Å². The van der Waals surface area contributed by atoms with Gasteiger partial charge in [-0.25, -0.2) is 0 Å². The molecule has 1 amide bonds. The molecule has 1 fully saturated rings. The van der Waals surface area contributed by atoms with Gasteiger partial charge in [-0.15, -0.1) is 11.6 Å². The molecule has 1 atom stereocenters. The smallest absolute Gasteiger partial charge is 0.269 e. The minimum Gasteiger partial charge on any atom is -0.493 e. The molecule has 2 aromatic carbocycles. The van der Waals surface area contributed by atoms with E-state index in [4.69, 9.17) is 21.1 Å². The van der Waals surface area contributed by atoms with Crippen molar-refractivity contribution < 1.29 is 24.0 Å². The number of nitrogens with zero attached hydrogens (tertiary/aromatic N) is 2. The number of non-ortho nitro benzene ring substituents is 1. The first-order chi connectivity index (χ1) is 17.4. The van der Waals surface area contributed by atoms with Gasteiger partial charge in [0.05, 0.1) is 19.1 Å². The molecule has 0 saturated heterocycles. The number of hydrogen-bond acceptors (Lipinski definition) is 6. The van der Waals surface area contributed by atoms with Crippen LogP contribution in [0.15, 0.2) is 42.5 Å². The first-order valence-electron chi connectivity index (χ1n) is 12.2. The van der Waals surface area contributed by atoms with E-state index in [1.807, 2.05) is 12.1 Å². The number of carbonyl (C=O) groups excluding carboxylic acids is 2. The Morgan fingerprint density at radius 2 is 1.72 bits per heavy atom. The van der Waals surface area contributed by atoms with Crippen molar-refractivity contribution in [2.45, 2.75) is 51.0 Å². The predicted octanol–water partition coefficient (Wildman–Crippen LogP) is 5.50. The number of nitro benzene ring substituents is 1. The monoisotopic (exact) mass is 516 g/mol. The maximum Gasteiger partial charge on any atom is 0.269 e. The Labute approximate surface area is 216 Å². The first-order valence-corrected chi connectivity index (χ1v) is 12.7. The quantitative estimate of drug-likeness (QED) is 0.210. The van der Waals surface area contributed by atoms with Gasteiger partial charge in [-0.2, -0.15) is 0 Å². The zero-order valence-electron chi connectivity index (χ0n) is 20.8.